The highest BCUT2D eigenvalue weighted by atomic mass is 16.5. The Hall–Kier alpha value is -1.42. The van der Waals surface area contributed by atoms with Crippen molar-refractivity contribution in [1.29, 1.82) is 0 Å². The van der Waals surface area contributed by atoms with Crippen LogP contribution in [0.15, 0.2) is 18.2 Å². The topological polar surface area (TPSA) is 41.7 Å². The second kappa shape index (κ2) is 6.15. The molecule has 0 saturated carbocycles. The number of benzene rings is 1. The Bertz CT molecular complexity index is 412. The SMILES string of the molecule is COc1cccc(N2CCN(CC(C)C)CC2)c1N. The van der Waals surface area contributed by atoms with Gasteiger partial charge in [0.1, 0.15) is 5.75 Å². The van der Waals surface area contributed by atoms with Crippen LogP contribution in [-0.2, 0) is 0 Å². The van der Waals surface area contributed by atoms with E-state index in [1.54, 1.807) is 7.11 Å². The quantitative estimate of drug-likeness (QED) is 0.844. The zero-order valence-corrected chi connectivity index (χ0v) is 12.2. The van der Waals surface area contributed by atoms with Gasteiger partial charge in [-0.2, -0.15) is 0 Å². The molecule has 4 nitrogen and oxygen atoms in total. The molecule has 1 aliphatic heterocycles. The van der Waals surface area contributed by atoms with E-state index in [0.717, 1.165) is 49.2 Å². The molecule has 1 aromatic rings. The fraction of sp³-hybridized carbons (Fsp3) is 0.600. The van der Waals surface area contributed by atoms with E-state index < -0.39 is 0 Å². The Morgan fingerprint density at radius 2 is 1.89 bits per heavy atom. The van der Waals surface area contributed by atoms with Crippen molar-refractivity contribution < 1.29 is 4.74 Å². The second-order valence-corrected chi connectivity index (χ2v) is 5.57. The minimum absolute atomic E-state index is 0.730. The van der Waals surface area contributed by atoms with Gasteiger partial charge in [0.25, 0.3) is 0 Å². The van der Waals surface area contributed by atoms with E-state index in [-0.39, 0.29) is 0 Å². The Labute approximate surface area is 116 Å². The molecule has 0 aromatic heterocycles. The summed E-state index contributed by atoms with van der Waals surface area (Å²) in [4.78, 5) is 4.88. The maximum atomic E-state index is 6.16. The molecule has 19 heavy (non-hydrogen) atoms. The molecule has 0 atom stereocenters. The molecule has 0 unspecified atom stereocenters. The third kappa shape index (κ3) is 3.32. The molecule has 0 aliphatic carbocycles. The average molecular weight is 263 g/mol. The molecule has 2 N–H and O–H groups in total. The molecule has 106 valence electrons. The first kappa shape index (κ1) is 14.0. The summed E-state index contributed by atoms with van der Waals surface area (Å²) in [5.74, 6) is 1.50. The standard InChI is InChI=1S/C15H25N3O/c1-12(2)11-17-7-9-18(10-8-17)13-5-4-6-14(19-3)15(13)16/h4-6,12H,7-11,16H2,1-3H3. The van der Waals surface area contributed by atoms with Crippen LogP contribution in [0.1, 0.15) is 13.8 Å². The first-order valence-corrected chi connectivity index (χ1v) is 7.01. The third-order valence-corrected chi connectivity index (χ3v) is 3.60. The van der Waals surface area contributed by atoms with Crippen molar-refractivity contribution in [3.63, 3.8) is 0 Å². The molecule has 0 radical (unpaired) electrons. The van der Waals surface area contributed by atoms with Gasteiger partial charge in [0.2, 0.25) is 0 Å². The van der Waals surface area contributed by atoms with Gasteiger partial charge in [0.15, 0.2) is 0 Å². The van der Waals surface area contributed by atoms with Gasteiger partial charge in [-0.25, -0.2) is 0 Å². The normalized spacial score (nSPS) is 16.9. The molecular formula is C15H25N3O. The minimum Gasteiger partial charge on any atom is -0.495 e. The molecule has 1 aromatic carbocycles. The summed E-state index contributed by atoms with van der Waals surface area (Å²) in [6.07, 6.45) is 0. The van der Waals surface area contributed by atoms with Crippen LogP contribution in [0, 0.1) is 5.92 Å². The number of nitrogens with zero attached hydrogens (tertiary/aromatic N) is 2. The number of nitrogen functional groups attached to an aromatic ring is 1. The van der Waals surface area contributed by atoms with Crippen LogP contribution in [0.25, 0.3) is 0 Å². The van der Waals surface area contributed by atoms with E-state index >= 15 is 0 Å². The van der Waals surface area contributed by atoms with Crippen LogP contribution in [0.5, 0.6) is 5.75 Å². The van der Waals surface area contributed by atoms with Crippen LogP contribution >= 0.6 is 0 Å². The van der Waals surface area contributed by atoms with Gasteiger partial charge in [-0.05, 0) is 18.1 Å². The Balaban J connectivity index is 2.01. The van der Waals surface area contributed by atoms with Crippen molar-refractivity contribution in [3.8, 4) is 5.75 Å². The predicted molar refractivity (Wildman–Crippen MR) is 80.9 cm³/mol. The van der Waals surface area contributed by atoms with Gasteiger partial charge in [0.05, 0.1) is 18.5 Å². The van der Waals surface area contributed by atoms with Crippen molar-refractivity contribution in [3.05, 3.63) is 18.2 Å². The summed E-state index contributed by atoms with van der Waals surface area (Å²) < 4.78 is 5.29. The third-order valence-electron chi connectivity index (χ3n) is 3.60. The lowest BCUT2D eigenvalue weighted by Gasteiger charge is -2.37. The molecule has 1 aliphatic rings. The Morgan fingerprint density at radius 3 is 2.47 bits per heavy atom. The highest BCUT2D eigenvalue weighted by molar-refractivity contribution is 5.74. The van der Waals surface area contributed by atoms with E-state index in [1.807, 2.05) is 12.1 Å². The summed E-state index contributed by atoms with van der Waals surface area (Å²) in [7, 11) is 1.66. The number of piperazine rings is 1. The number of anilines is 2. The minimum atomic E-state index is 0.730. The number of ether oxygens (including phenoxy) is 1. The van der Waals surface area contributed by atoms with Gasteiger partial charge in [-0.3, -0.25) is 4.90 Å². The highest BCUT2D eigenvalue weighted by Crippen LogP contribution is 2.32. The lowest BCUT2D eigenvalue weighted by Crippen LogP contribution is -2.47. The van der Waals surface area contributed by atoms with Crippen molar-refractivity contribution in [1.82, 2.24) is 4.90 Å². The molecule has 1 fully saturated rings. The lowest BCUT2D eigenvalue weighted by atomic mass is 10.1. The monoisotopic (exact) mass is 263 g/mol. The Morgan fingerprint density at radius 1 is 1.21 bits per heavy atom. The zero-order valence-electron chi connectivity index (χ0n) is 12.2. The van der Waals surface area contributed by atoms with Crippen molar-refractivity contribution in [2.45, 2.75) is 13.8 Å². The summed E-state index contributed by atoms with van der Waals surface area (Å²) in [6, 6.07) is 5.99. The van der Waals surface area contributed by atoms with Gasteiger partial charge >= 0.3 is 0 Å². The van der Waals surface area contributed by atoms with E-state index in [4.69, 9.17) is 10.5 Å². The average Bonchev–Trinajstić information content (AvgIpc) is 2.39. The van der Waals surface area contributed by atoms with Crippen molar-refractivity contribution in [2.24, 2.45) is 5.92 Å². The van der Waals surface area contributed by atoms with Crippen LogP contribution < -0.4 is 15.4 Å². The van der Waals surface area contributed by atoms with Gasteiger partial charge < -0.3 is 15.4 Å². The highest BCUT2D eigenvalue weighted by Gasteiger charge is 2.20. The summed E-state index contributed by atoms with van der Waals surface area (Å²) in [5.41, 5.74) is 8.01. The van der Waals surface area contributed by atoms with Crippen LogP contribution in [0.3, 0.4) is 0 Å². The predicted octanol–water partition coefficient (Wildman–Crippen LogP) is 2.06. The van der Waals surface area contributed by atoms with E-state index in [1.165, 1.54) is 6.54 Å². The van der Waals surface area contributed by atoms with Crippen LogP contribution in [-0.4, -0.2) is 44.7 Å². The largest absolute Gasteiger partial charge is 0.495 e. The van der Waals surface area contributed by atoms with Gasteiger partial charge in [-0.15, -0.1) is 0 Å². The Kier molecular flexibility index (Phi) is 4.53. The fourth-order valence-electron chi connectivity index (χ4n) is 2.67. The molecule has 1 heterocycles. The van der Waals surface area contributed by atoms with Gasteiger partial charge in [-0.1, -0.05) is 19.9 Å². The van der Waals surface area contributed by atoms with Crippen LogP contribution in [0.4, 0.5) is 11.4 Å². The second-order valence-electron chi connectivity index (χ2n) is 5.57. The van der Waals surface area contributed by atoms with Crippen LogP contribution in [0.2, 0.25) is 0 Å². The lowest BCUT2D eigenvalue weighted by molar-refractivity contribution is 0.231. The van der Waals surface area contributed by atoms with Gasteiger partial charge in [0, 0.05) is 32.7 Å². The number of hydrogen-bond donors (Lipinski definition) is 1. The first-order valence-electron chi connectivity index (χ1n) is 7.01. The van der Waals surface area contributed by atoms with Crippen molar-refractivity contribution in [2.75, 3.05) is 50.5 Å². The number of hydrogen-bond acceptors (Lipinski definition) is 4. The van der Waals surface area contributed by atoms with E-state index in [2.05, 4.69) is 29.7 Å². The zero-order chi connectivity index (χ0) is 13.8. The fourth-order valence-corrected chi connectivity index (χ4v) is 2.67. The summed E-state index contributed by atoms with van der Waals surface area (Å²) in [6.45, 7) is 10.00. The maximum Gasteiger partial charge on any atom is 0.143 e. The number of rotatable bonds is 4. The molecule has 1 saturated heterocycles. The molecule has 4 heteroatoms. The van der Waals surface area contributed by atoms with E-state index in [9.17, 15) is 0 Å². The van der Waals surface area contributed by atoms with E-state index in [0.29, 0.717) is 0 Å². The number of para-hydroxylation sites is 1. The molecule has 0 amide bonds. The van der Waals surface area contributed by atoms with Crippen molar-refractivity contribution >= 4 is 11.4 Å². The maximum absolute atomic E-state index is 6.16. The summed E-state index contributed by atoms with van der Waals surface area (Å²) >= 11 is 0. The molecule has 2 rings (SSSR count). The molecular weight excluding hydrogens is 238 g/mol. The smallest absolute Gasteiger partial charge is 0.143 e. The first-order chi connectivity index (χ1) is 9.11. The molecule has 0 spiro atoms. The summed E-state index contributed by atoms with van der Waals surface area (Å²) in [5, 5.41) is 0. The number of nitrogens with two attached hydrogens (primary N) is 1. The molecule has 0 bridgehead atoms. The number of methoxy groups -OCH3 is 1.